The third kappa shape index (κ3) is 3.33. The average molecular weight is 288 g/mol. The highest BCUT2D eigenvalue weighted by molar-refractivity contribution is 9.09. The first-order chi connectivity index (χ1) is 7.56. The van der Waals surface area contributed by atoms with Crippen LogP contribution in [0.25, 0.3) is 0 Å². The Morgan fingerprint density at radius 3 is 2.88 bits per heavy atom. The van der Waals surface area contributed by atoms with Gasteiger partial charge >= 0.3 is 0 Å². The largest absolute Gasteiger partial charge is 0.352 e. The second kappa shape index (κ2) is 6.03. The summed E-state index contributed by atoms with van der Waals surface area (Å²) in [6.07, 6.45) is 3.62. The van der Waals surface area contributed by atoms with Gasteiger partial charge in [0, 0.05) is 24.1 Å². The summed E-state index contributed by atoms with van der Waals surface area (Å²) in [6, 6.07) is 0. The van der Waals surface area contributed by atoms with Gasteiger partial charge in [-0.3, -0.25) is 9.48 Å². The lowest BCUT2D eigenvalue weighted by Gasteiger charge is -2.07. The molecule has 1 N–H and O–H groups in total. The van der Waals surface area contributed by atoms with Crippen LogP contribution in [0.1, 0.15) is 35.8 Å². The number of alkyl halides is 1. The standard InChI is InChI=1S/C11H18BrN3O/c1-4-9(12)5-6-13-11(16)10-7-14-15(3)8(10)2/h7,9H,4-6H2,1-3H3,(H,13,16). The van der Waals surface area contributed by atoms with Crippen molar-refractivity contribution in [3.63, 3.8) is 0 Å². The van der Waals surface area contributed by atoms with Gasteiger partial charge in [0.1, 0.15) is 0 Å². The first-order valence-corrected chi connectivity index (χ1v) is 6.38. The fourth-order valence-corrected chi connectivity index (χ4v) is 1.59. The quantitative estimate of drug-likeness (QED) is 0.843. The molecule has 0 saturated carbocycles. The Labute approximate surface area is 105 Å². The van der Waals surface area contributed by atoms with E-state index in [1.807, 2.05) is 14.0 Å². The normalized spacial score (nSPS) is 12.5. The van der Waals surface area contributed by atoms with E-state index in [0.29, 0.717) is 16.9 Å². The molecule has 0 bridgehead atoms. The minimum absolute atomic E-state index is 0.0404. The molecule has 1 aromatic rings. The Balaban J connectivity index is 2.44. The summed E-state index contributed by atoms with van der Waals surface area (Å²) in [5.74, 6) is -0.0404. The van der Waals surface area contributed by atoms with Gasteiger partial charge in [-0.1, -0.05) is 22.9 Å². The Morgan fingerprint density at radius 2 is 2.38 bits per heavy atom. The van der Waals surface area contributed by atoms with Crippen LogP contribution < -0.4 is 5.32 Å². The van der Waals surface area contributed by atoms with E-state index in [4.69, 9.17) is 0 Å². The fourth-order valence-electron chi connectivity index (χ4n) is 1.36. The van der Waals surface area contributed by atoms with E-state index in [1.165, 1.54) is 0 Å². The monoisotopic (exact) mass is 287 g/mol. The van der Waals surface area contributed by atoms with Gasteiger partial charge in [0.25, 0.3) is 5.91 Å². The highest BCUT2D eigenvalue weighted by Crippen LogP contribution is 2.09. The van der Waals surface area contributed by atoms with Crippen LogP contribution in [0.3, 0.4) is 0 Å². The van der Waals surface area contributed by atoms with E-state index in [0.717, 1.165) is 18.5 Å². The van der Waals surface area contributed by atoms with Crippen molar-refractivity contribution in [2.24, 2.45) is 7.05 Å². The third-order valence-electron chi connectivity index (χ3n) is 2.67. The molecule has 16 heavy (non-hydrogen) atoms. The second-order valence-corrected chi connectivity index (χ2v) is 5.11. The number of carbonyl (C=O) groups is 1. The number of nitrogens with one attached hydrogen (secondary N) is 1. The van der Waals surface area contributed by atoms with Crippen molar-refractivity contribution in [3.8, 4) is 0 Å². The molecule has 5 heteroatoms. The number of nitrogens with zero attached hydrogens (tertiary/aromatic N) is 2. The van der Waals surface area contributed by atoms with Crippen molar-refractivity contribution in [1.29, 1.82) is 0 Å². The number of aryl methyl sites for hydroxylation is 1. The molecule has 0 radical (unpaired) electrons. The van der Waals surface area contributed by atoms with Gasteiger partial charge in [0.2, 0.25) is 0 Å². The summed E-state index contributed by atoms with van der Waals surface area (Å²) in [4.78, 5) is 12.2. The fraction of sp³-hybridized carbons (Fsp3) is 0.636. The van der Waals surface area contributed by atoms with Crippen molar-refractivity contribution in [2.45, 2.75) is 31.5 Å². The summed E-state index contributed by atoms with van der Waals surface area (Å²) in [6.45, 7) is 4.70. The maximum Gasteiger partial charge on any atom is 0.254 e. The zero-order chi connectivity index (χ0) is 12.1. The number of rotatable bonds is 5. The van der Waals surface area contributed by atoms with Crippen molar-refractivity contribution in [3.05, 3.63) is 17.5 Å². The molecular weight excluding hydrogens is 270 g/mol. The predicted octanol–water partition coefficient (Wildman–Crippen LogP) is 2.02. The zero-order valence-corrected chi connectivity index (χ0v) is 11.5. The minimum atomic E-state index is -0.0404. The van der Waals surface area contributed by atoms with Crippen molar-refractivity contribution < 1.29 is 4.79 Å². The van der Waals surface area contributed by atoms with Crippen LogP contribution in [0.2, 0.25) is 0 Å². The summed E-state index contributed by atoms with van der Waals surface area (Å²) in [5, 5.41) is 6.94. The molecular formula is C11H18BrN3O. The Morgan fingerprint density at radius 1 is 1.69 bits per heavy atom. The van der Waals surface area contributed by atoms with Gasteiger partial charge in [-0.05, 0) is 19.8 Å². The zero-order valence-electron chi connectivity index (χ0n) is 9.96. The average Bonchev–Trinajstić information content (AvgIpc) is 2.59. The molecule has 0 spiro atoms. The number of hydrogen-bond donors (Lipinski definition) is 1. The van der Waals surface area contributed by atoms with Gasteiger partial charge in [-0.15, -0.1) is 0 Å². The Kier molecular flexibility index (Phi) is 4.99. The van der Waals surface area contributed by atoms with Crippen LogP contribution in [-0.4, -0.2) is 27.1 Å². The van der Waals surface area contributed by atoms with Crippen LogP contribution in [0.4, 0.5) is 0 Å². The van der Waals surface area contributed by atoms with Gasteiger partial charge in [0.15, 0.2) is 0 Å². The molecule has 4 nitrogen and oxygen atoms in total. The number of hydrogen-bond acceptors (Lipinski definition) is 2. The first-order valence-electron chi connectivity index (χ1n) is 5.47. The van der Waals surface area contributed by atoms with Crippen LogP contribution in [0.15, 0.2) is 6.20 Å². The smallest absolute Gasteiger partial charge is 0.254 e. The second-order valence-electron chi connectivity index (χ2n) is 3.82. The maximum atomic E-state index is 11.8. The molecule has 0 aromatic carbocycles. The van der Waals surface area contributed by atoms with Gasteiger partial charge in [0.05, 0.1) is 11.8 Å². The van der Waals surface area contributed by atoms with Gasteiger partial charge < -0.3 is 5.32 Å². The molecule has 90 valence electrons. The van der Waals surface area contributed by atoms with E-state index in [-0.39, 0.29) is 5.91 Å². The topological polar surface area (TPSA) is 46.9 Å². The van der Waals surface area contributed by atoms with E-state index in [9.17, 15) is 4.79 Å². The molecule has 0 aliphatic rings. The molecule has 1 amide bonds. The first kappa shape index (κ1) is 13.2. The highest BCUT2D eigenvalue weighted by atomic mass is 79.9. The minimum Gasteiger partial charge on any atom is -0.352 e. The highest BCUT2D eigenvalue weighted by Gasteiger charge is 2.12. The van der Waals surface area contributed by atoms with E-state index in [2.05, 4.69) is 33.3 Å². The van der Waals surface area contributed by atoms with E-state index >= 15 is 0 Å². The lowest BCUT2D eigenvalue weighted by atomic mass is 10.2. The summed E-state index contributed by atoms with van der Waals surface area (Å²) >= 11 is 3.53. The van der Waals surface area contributed by atoms with Gasteiger partial charge in [-0.2, -0.15) is 5.10 Å². The molecule has 0 aliphatic carbocycles. The van der Waals surface area contributed by atoms with Gasteiger partial charge in [-0.25, -0.2) is 0 Å². The van der Waals surface area contributed by atoms with E-state index < -0.39 is 0 Å². The molecule has 0 fully saturated rings. The maximum absolute atomic E-state index is 11.8. The van der Waals surface area contributed by atoms with Crippen LogP contribution in [-0.2, 0) is 7.05 Å². The molecule has 0 aliphatic heterocycles. The molecule has 1 rings (SSSR count). The number of amides is 1. The predicted molar refractivity (Wildman–Crippen MR) is 67.9 cm³/mol. The Hall–Kier alpha value is -0.840. The number of aromatic nitrogens is 2. The SMILES string of the molecule is CCC(Br)CCNC(=O)c1cnn(C)c1C. The number of halogens is 1. The molecule has 1 aromatic heterocycles. The molecule has 1 atom stereocenters. The lowest BCUT2D eigenvalue weighted by Crippen LogP contribution is -2.26. The van der Waals surface area contributed by atoms with Crippen LogP contribution in [0, 0.1) is 6.92 Å². The van der Waals surface area contributed by atoms with E-state index in [1.54, 1.807) is 10.9 Å². The summed E-state index contributed by atoms with van der Waals surface area (Å²) < 4.78 is 1.70. The van der Waals surface area contributed by atoms with Crippen molar-refractivity contribution >= 4 is 21.8 Å². The third-order valence-corrected chi connectivity index (χ3v) is 3.77. The summed E-state index contributed by atoms with van der Waals surface area (Å²) in [5.41, 5.74) is 1.55. The van der Waals surface area contributed by atoms with Crippen LogP contribution >= 0.6 is 15.9 Å². The van der Waals surface area contributed by atoms with Crippen molar-refractivity contribution in [2.75, 3.05) is 6.54 Å². The lowest BCUT2D eigenvalue weighted by molar-refractivity contribution is 0.0952. The van der Waals surface area contributed by atoms with Crippen LogP contribution in [0.5, 0.6) is 0 Å². The molecule has 0 saturated heterocycles. The van der Waals surface area contributed by atoms with Crippen molar-refractivity contribution in [1.82, 2.24) is 15.1 Å². The molecule has 1 heterocycles. The summed E-state index contributed by atoms with van der Waals surface area (Å²) in [7, 11) is 1.83. The Bertz CT molecular complexity index is 362. The number of carbonyl (C=O) groups excluding carboxylic acids is 1. The molecule has 1 unspecified atom stereocenters.